The van der Waals surface area contributed by atoms with Crippen LogP contribution in [0.4, 0.5) is 0 Å². The highest BCUT2D eigenvalue weighted by molar-refractivity contribution is 5.80. The Morgan fingerprint density at radius 3 is 2.42 bits per heavy atom. The van der Waals surface area contributed by atoms with Crippen molar-refractivity contribution in [2.45, 2.75) is 62.9 Å². The molecule has 0 aromatic rings. The summed E-state index contributed by atoms with van der Waals surface area (Å²) in [6.45, 7) is 5.92. The van der Waals surface area contributed by atoms with Gasteiger partial charge in [0.2, 0.25) is 0 Å². The van der Waals surface area contributed by atoms with Crippen molar-refractivity contribution in [3.63, 3.8) is 0 Å². The molecule has 0 radical (unpaired) electrons. The number of hydrogen-bond donors (Lipinski definition) is 1. The van der Waals surface area contributed by atoms with E-state index in [2.05, 4.69) is 39.1 Å². The lowest BCUT2D eigenvalue weighted by Gasteiger charge is -2.38. The van der Waals surface area contributed by atoms with Gasteiger partial charge in [-0.3, -0.25) is 9.89 Å². The fraction of sp³-hybridized carbons (Fsp3) is 0.947. The van der Waals surface area contributed by atoms with Gasteiger partial charge in [0, 0.05) is 38.3 Å². The van der Waals surface area contributed by atoms with Gasteiger partial charge in [-0.15, -0.1) is 0 Å². The number of likely N-dealkylation sites (N-methyl/N-ethyl adjacent to an activating group) is 1. The minimum Gasteiger partial charge on any atom is -0.354 e. The first-order valence-electron chi connectivity index (χ1n) is 10.0. The molecule has 1 atom stereocenters. The molecule has 5 nitrogen and oxygen atoms in total. The number of nitrogens with one attached hydrogen (secondary N) is 1. The van der Waals surface area contributed by atoms with E-state index in [9.17, 15) is 0 Å². The molecule has 0 spiro atoms. The lowest BCUT2D eigenvalue weighted by Crippen LogP contribution is -2.53. The van der Waals surface area contributed by atoms with Crippen molar-refractivity contribution in [3.8, 4) is 0 Å². The summed E-state index contributed by atoms with van der Waals surface area (Å²) < 4.78 is 0. The van der Waals surface area contributed by atoms with Gasteiger partial charge in [0.25, 0.3) is 0 Å². The Bertz CT molecular complexity index is 421. The Morgan fingerprint density at radius 2 is 1.79 bits per heavy atom. The van der Waals surface area contributed by atoms with E-state index in [-0.39, 0.29) is 0 Å². The maximum absolute atomic E-state index is 4.60. The van der Waals surface area contributed by atoms with Crippen LogP contribution in [0.15, 0.2) is 4.99 Å². The number of aliphatic imine (C=N–C) groups is 1. The van der Waals surface area contributed by atoms with Crippen molar-refractivity contribution in [2.75, 3.05) is 53.9 Å². The Morgan fingerprint density at radius 1 is 1.08 bits per heavy atom. The minimum atomic E-state index is 0.321. The summed E-state index contributed by atoms with van der Waals surface area (Å²) in [5.74, 6) is 1.11. The highest BCUT2D eigenvalue weighted by Gasteiger charge is 2.37. The standard InChI is InChI=1S/C19H37N5/c1-20-18(21-16-19(22(2)3)10-5-6-11-19)24-14-9-17(15-24)23-12-7-4-8-13-23/h17H,4-16H2,1-3H3,(H,20,21). The van der Waals surface area contributed by atoms with Crippen LogP contribution in [-0.2, 0) is 0 Å². The average molecular weight is 336 g/mol. The van der Waals surface area contributed by atoms with Crippen molar-refractivity contribution in [1.82, 2.24) is 20.0 Å². The average Bonchev–Trinajstić information content (AvgIpc) is 3.27. The van der Waals surface area contributed by atoms with E-state index in [0.29, 0.717) is 5.54 Å². The Balaban J connectivity index is 1.53. The summed E-state index contributed by atoms with van der Waals surface area (Å²) in [5, 5.41) is 3.71. The third kappa shape index (κ3) is 3.88. The zero-order chi connectivity index (χ0) is 17.0. The third-order valence-electron chi connectivity index (χ3n) is 6.64. The highest BCUT2D eigenvalue weighted by atomic mass is 15.3. The largest absolute Gasteiger partial charge is 0.354 e. The van der Waals surface area contributed by atoms with E-state index in [4.69, 9.17) is 0 Å². The number of rotatable bonds is 4. The molecule has 0 aromatic carbocycles. The molecule has 1 unspecified atom stereocenters. The number of hydrogen-bond acceptors (Lipinski definition) is 3. The summed E-state index contributed by atoms with van der Waals surface area (Å²) in [4.78, 5) is 12.2. The van der Waals surface area contributed by atoms with Gasteiger partial charge < -0.3 is 15.1 Å². The normalized spacial score (nSPS) is 28.8. The molecule has 0 amide bonds. The summed E-state index contributed by atoms with van der Waals surface area (Å²) in [6, 6.07) is 0.734. The molecule has 0 bridgehead atoms. The molecule has 24 heavy (non-hydrogen) atoms. The lowest BCUT2D eigenvalue weighted by molar-refractivity contribution is 0.158. The fourth-order valence-corrected chi connectivity index (χ4v) is 4.91. The number of piperidine rings is 1. The van der Waals surface area contributed by atoms with Gasteiger partial charge in [-0.05, 0) is 59.3 Å². The van der Waals surface area contributed by atoms with Crippen LogP contribution in [0, 0.1) is 0 Å². The highest BCUT2D eigenvalue weighted by Crippen LogP contribution is 2.33. The van der Waals surface area contributed by atoms with Crippen LogP contribution in [0.2, 0.25) is 0 Å². The Hall–Kier alpha value is -0.810. The number of guanidine groups is 1. The van der Waals surface area contributed by atoms with Crippen LogP contribution in [-0.4, -0.2) is 86.1 Å². The summed E-state index contributed by atoms with van der Waals surface area (Å²) in [6.07, 6.45) is 10.8. The molecule has 0 aromatic heterocycles. The van der Waals surface area contributed by atoms with Gasteiger partial charge in [0.1, 0.15) is 0 Å². The van der Waals surface area contributed by atoms with Crippen molar-refractivity contribution < 1.29 is 0 Å². The molecule has 2 heterocycles. The molecular formula is C19H37N5. The summed E-state index contributed by atoms with van der Waals surface area (Å²) in [7, 11) is 6.41. The van der Waals surface area contributed by atoms with E-state index in [0.717, 1.165) is 31.6 Å². The third-order valence-corrected chi connectivity index (χ3v) is 6.64. The topological polar surface area (TPSA) is 34.1 Å². The monoisotopic (exact) mass is 335 g/mol. The quantitative estimate of drug-likeness (QED) is 0.629. The van der Waals surface area contributed by atoms with Gasteiger partial charge in [-0.1, -0.05) is 19.3 Å². The van der Waals surface area contributed by atoms with E-state index in [1.54, 1.807) is 0 Å². The van der Waals surface area contributed by atoms with Gasteiger partial charge in [-0.25, -0.2) is 0 Å². The second-order valence-corrected chi connectivity index (χ2v) is 8.21. The first kappa shape index (κ1) is 18.0. The van der Waals surface area contributed by atoms with Gasteiger partial charge in [0.05, 0.1) is 0 Å². The van der Waals surface area contributed by atoms with Crippen LogP contribution in [0.3, 0.4) is 0 Å². The Kier molecular flexibility index (Phi) is 6.03. The predicted molar refractivity (Wildman–Crippen MR) is 102 cm³/mol. The zero-order valence-corrected chi connectivity index (χ0v) is 16.1. The summed E-state index contributed by atoms with van der Waals surface area (Å²) in [5.41, 5.74) is 0.321. The maximum atomic E-state index is 4.60. The number of nitrogens with zero attached hydrogens (tertiary/aromatic N) is 4. The molecule has 3 fully saturated rings. The van der Waals surface area contributed by atoms with Gasteiger partial charge in [-0.2, -0.15) is 0 Å². The first-order valence-corrected chi connectivity index (χ1v) is 10.0. The van der Waals surface area contributed by atoms with Crippen molar-refractivity contribution in [1.29, 1.82) is 0 Å². The Labute approximate surface area is 148 Å². The fourth-order valence-electron chi connectivity index (χ4n) is 4.91. The first-order chi connectivity index (χ1) is 11.6. The molecule has 1 aliphatic carbocycles. The van der Waals surface area contributed by atoms with Crippen LogP contribution in [0.1, 0.15) is 51.4 Å². The van der Waals surface area contributed by atoms with Crippen molar-refractivity contribution in [3.05, 3.63) is 0 Å². The lowest BCUT2D eigenvalue weighted by atomic mass is 9.96. The summed E-state index contributed by atoms with van der Waals surface area (Å²) >= 11 is 0. The van der Waals surface area contributed by atoms with E-state index >= 15 is 0 Å². The van der Waals surface area contributed by atoms with E-state index in [1.165, 1.54) is 64.5 Å². The van der Waals surface area contributed by atoms with Crippen LogP contribution in [0.5, 0.6) is 0 Å². The molecule has 1 saturated carbocycles. The molecule has 3 aliphatic rings. The van der Waals surface area contributed by atoms with Crippen LogP contribution in [0.25, 0.3) is 0 Å². The van der Waals surface area contributed by atoms with Gasteiger partial charge >= 0.3 is 0 Å². The van der Waals surface area contributed by atoms with Crippen molar-refractivity contribution >= 4 is 5.96 Å². The number of likely N-dealkylation sites (tertiary alicyclic amines) is 2. The van der Waals surface area contributed by atoms with Crippen LogP contribution >= 0.6 is 0 Å². The molecule has 138 valence electrons. The van der Waals surface area contributed by atoms with E-state index in [1.807, 2.05) is 7.05 Å². The molecular weight excluding hydrogens is 298 g/mol. The molecule has 3 rings (SSSR count). The molecule has 2 aliphatic heterocycles. The van der Waals surface area contributed by atoms with Crippen LogP contribution < -0.4 is 5.32 Å². The molecule has 2 saturated heterocycles. The smallest absolute Gasteiger partial charge is 0.193 e. The second-order valence-electron chi connectivity index (χ2n) is 8.21. The predicted octanol–water partition coefficient (Wildman–Crippen LogP) is 2.00. The maximum Gasteiger partial charge on any atom is 0.193 e. The van der Waals surface area contributed by atoms with Crippen molar-refractivity contribution in [2.24, 2.45) is 4.99 Å². The second kappa shape index (κ2) is 8.05. The van der Waals surface area contributed by atoms with E-state index < -0.39 is 0 Å². The van der Waals surface area contributed by atoms with Gasteiger partial charge in [0.15, 0.2) is 5.96 Å². The zero-order valence-electron chi connectivity index (χ0n) is 16.1. The molecule has 5 heteroatoms. The molecule has 1 N–H and O–H groups in total. The SMILES string of the molecule is CN=C(NCC1(N(C)C)CCCC1)N1CCC(N2CCCCC2)C1. The minimum absolute atomic E-state index is 0.321.